The summed E-state index contributed by atoms with van der Waals surface area (Å²) in [4.78, 5) is 25.4. The number of benzene rings is 1. The van der Waals surface area contributed by atoms with Gasteiger partial charge in [0, 0.05) is 24.8 Å². The van der Waals surface area contributed by atoms with Gasteiger partial charge in [0.05, 0.1) is 10.3 Å². The fourth-order valence-electron chi connectivity index (χ4n) is 3.03. The summed E-state index contributed by atoms with van der Waals surface area (Å²) >= 11 is 0. The lowest BCUT2D eigenvalue weighted by Crippen LogP contribution is -2.37. The Morgan fingerprint density at radius 1 is 1.31 bits per heavy atom. The lowest BCUT2D eigenvalue weighted by Gasteiger charge is -2.21. The molecule has 0 bridgehead atoms. The zero-order valence-electron chi connectivity index (χ0n) is 14.8. The second-order valence-corrected chi connectivity index (χ2v) is 8.97. The van der Waals surface area contributed by atoms with Gasteiger partial charge in [0.1, 0.15) is 0 Å². The maximum atomic E-state index is 12.5. The van der Waals surface area contributed by atoms with Gasteiger partial charge >= 0.3 is 12.0 Å². The van der Waals surface area contributed by atoms with Crippen LogP contribution < -0.4 is 10.0 Å². The van der Waals surface area contributed by atoms with Crippen molar-refractivity contribution >= 4 is 27.7 Å². The normalized spacial score (nSPS) is 23.1. The van der Waals surface area contributed by atoms with Gasteiger partial charge in [-0.25, -0.2) is 17.9 Å². The number of likely N-dealkylation sites (tertiary alicyclic amines) is 1. The number of carbonyl (C=O) groups is 2. The van der Waals surface area contributed by atoms with Crippen molar-refractivity contribution in [2.75, 3.05) is 18.4 Å². The summed E-state index contributed by atoms with van der Waals surface area (Å²) in [7, 11) is -3.63. The van der Waals surface area contributed by atoms with Crippen molar-refractivity contribution in [1.82, 2.24) is 9.62 Å². The molecule has 1 saturated heterocycles. The summed E-state index contributed by atoms with van der Waals surface area (Å²) < 4.78 is 27.5. The predicted octanol–water partition coefficient (Wildman–Crippen LogP) is 1.76. The molecule has 1 aliphatic carbocycles. The summed E-state index contributed by atoms with van der Waals surface area (Å²) in [5, 5.41) is 12.0. The molecular weight excluding hydrogens is 358 g/mol. The Morgan fingerprint density at radius 3 is 2.58 bits per heavy atom. The van der Waals surface area contributed by atoms with Crippen molar-refractivity contribution in [3.05, 3.63) is 23.8 Å². The van der Waals surface area contributed by atoms with E-state index in [1.54, 1.807) is 26.0 Å². The van der Waals surface area contributed by atoms with E-state index in [4.69, 9.17) is 0 Å². The number of carbonyl (C=O) groups excluding carboxylic acids is 1. The number of urea groups is 1. The predicted molar refractivity (Wildman–Crippen MR) is 95.5 cm³/mol. The molecule has 0 spiro atoms. The Labute approximate surface area is 152 Å². The van der Waals surface area contributed by atoms with Crippen LogP contribution in [-0.4, -0.2) is 49.6 Å². The molecule has 8 nitrogen and oxygen atoms in total. The van der Waals surface area contributed by atoms with Crippen LogP contribution in [0.3, 0.4) is 0 Å². The number of hydrogen-bond donors (Lipinski definition) is 3. The van der Waals surface area contributed by atoms with Gasteiger partial charge in [-0.1, -0.05) is 6.07 Å². The molecule has 1 aliphatic heterocycles. The molecule has 142 valence electrons. The molecule has 1 aromatic rings. The average molecular weight is 381 g/mol. The quantitative estimate of drug-likeness (QED) is 0.719. The van der Waals surface area contributed by atoms with Crippen molar-refractivity contribution in [3.63, 3.8) is 0 Å². The molecule has 0 aromatic heterocycles. The van der Waals surface area contributed by atoms with E-state index < -0.39 is 27.4 Å². The molecule has 1 aromatic carbocycles. The topological polar surface area (TPSA) is 116 Å². The maximum absolute atomic E-state index is 12.5. The third kappa shape index (κ3) is 3.68. The van der Waals surface area contributed by atoms with Crippen LogP contribution in [0.1, 0.15) is 31.7 Å². The highest BCUT2D eigenvalue weighted by atomic mass is 32.2. The van der Waals surface area contributed by atoms with Gasteiger partial charge in [0.2, 0.25) is 10.0 Å². The molecule has 9 heteroatoms. The van der Waals surface area contributed by atoms with Crippen LogP contribution in [0.15, 0.2) is 23.1 Å². The lowest BCUT2D eigenvalue weighted by molar-refractivity contribution is -0.146. The number of nitrogens with one attached hydrogen (secondary N) is 2. The minimum Gasteiger partial charge on any atom is -0.481 e. The standard InChI is InChI=1S/C17H23N3O5S/c1-11-13(4-3-5-14(11)26(24,25)19-12-6-7-12)18-16(23)20-9-8-17(2,10-20)15(21)22/h3-5,12,19H,6-10H2,1-2H3,(H,18,23)(H,21,22). The number of aliphatic carboxylic acids is 1. The Kier molecular flexibility index (Phi) is 4.70. The summed E-state index contributed by atoms with van der Waals surface area (Å²) in [6, 6.07) is 4.29. The van der Waals surface area contributed by atoms with E-state index in [-0.39, 0.29) is 17.5 Å². The molecule has 1 atom stereocenters. The third-order valence-electron chi connectivity index (χ3n) is 4.99. The summed E-state index contributed by atoms with van der Waals surface area (Å²) in [6.07, 6.45) is 2.06. The van der Waals surface area contributed by atoms with E-state index in [0.29, 0.717) is 24.2 Å². The largest absolute Gasteiger partial charge is 0.481 e. The minimum absolute atomic E-state index is 0.00376. The fourth-order valence-corrected chi connectivity index (χ4v) is 4.60. The molecule has 0 radical (unpaired) electrons. The second-order valence-electron chi connectivity index (χ2n) is 7.29. The zero-order valence-corrected chi connectivity index (χ0v) is 15.6. The molecule has 2 aliphatic rings. The number of anilines is 1. The van der Waals surface area contributed by atoms with Crippen LogP contribution in [0.5, 0.6) is 0 Å². The number of rotatable bonds is 5. The first-order valence-electron chi connectivity index (χ1n) is 8.54. The summed E-state index contributed by atoms with van der Waals surface area (Å²) in [5.41, 5.74) is -0.0991. The molecule has 2 fully saturated rings. The van der Waals surface area contributed by atoms with Crippen LogP contribution in [0, 0.1) is 12.3 Å². The van der Waals surface area contributed by atoms with E-state index >= 15 is 0 Å². The monoisotopic (exact) mass is 381 g/mol. The number of carboxylic acid groups (broad SMARTS) is 1. The lowest BCUT2D eigenvalue weighted by atomic mass is 9.90. The van der Waals surface area contributed by atoms with Crippen molar-refractivity contribution in [2.45, 2.75) is 44.0 Å². The number of amides is 2. The Hall–Kier alpha value is -2.13. The van der Waals surface area contributed by atoms with Crippen molar-refractivity contribution in [3.8, 4) is 0 Å². The Morgan fingerprint density at radius 2 is 2.00 bits per heavy atom. The van der Waals surface area contributed by atoms with Crippen LogP contribution in [-0.2, 0) is 14.8 Å². The maximum Gasteiger partial charge on any atom is 0.321 e. The van der Waals surface area contributed by atoms with Crippen LogP contribution in [0.4, 0.5) is 10.5 Å². The van der Waals surface area contributed by atoms with E-state index in [1.807, 2.05) is 0 Å². The first-order chi connectivity index (χ1) is 12.1. The van der Waals surface area contributed by atoms with Crippen LogP contribution in [0.25, 0.3) is 0 Å². The second kappa shape index (κ2) is 6.55. The van der Waals surface area contributed by atoms with E-state index in [1.165, 1.54) is 11.0 Å². The van der Waals surface area contributed by atoms with Gasteiger partial charge in [-0.05, 0) is 50.8 Å². The average Bonchev–Trinajstić information content (AvgIpc) is 3.26. The van der Waals surface area contributed by atoms with Crippen LogP contribution in [0.2, 0.25) is 0 Å². The molecule has 1 unspecified atom stereocenters. The SMILES string of the molecule is Cc1c(NC(=O)N2CCC(C)(C(=O)O)C2)cccc1S(=O)(=O)NC1CC1. The van der Waals surface area contributed by atoms with Crippen LogP contribution >= 0.6 is 0 Å². The molecular formula is C17H23N3O5S. The molecule has 1 saturated carbocycles. The minimum atomic E-state index is -3.63. The van der Waals surface area contributed by atoms with Crippen molar-refractivity contribution in [1.29, 1.82) is 0 Å². The van der Waals surface area contributed by atoms with Gasteiger partial charge in [-0.2, -0.15) is 0 Å². The first kappa shape index (κ1) is 18.7. The number of nitrogens with zero attached hydrogens (tertiary/aromatic N) is 1. The highest BCUT2D eigenvalue weighted by molar-refractivity contribution is 7.89. The Bertz CT molecular complexity index is 850. The number of sulfonamides is 1. The van der Waals surface area contributed by atoms with Gasteiger partial charge in [-0.15, -0.1) is 0 Å². The molecule has 26 heavy (non-hydrogen) atoms. The highest BCUT2D eigenvalue weighted by Crippen LogP contribution is 2.31. The molecule has 3 N–H and O–H groups in total. The van der Waals surface area contributed by atoms with E-state index in [2.05, 4.69) is 10.0 Å². The zero-order chi connectivity index (χ0) is 19.1. The third-order valence-corrected chi connectivity index (χ3v) is 6.66. The molecule has 1 heterocycles. The molecule has 2 amide bonds. The Balaban J connectivity index is 1.75. The first-order valence-corrected chi connectivity index (χ1v) is 10.0. The highest BCUT2D eigenvalue weighted by Gasteiger charge is 2.42. The smallest absolute Gasteiger partial charge is 0.321 e. The van der Waals surface area contributed by atoms with Gasteiger partial charge in [0.15, 0.2) is 0 Å². The number of hydrogen-bond acceptors (Lipinski definition) is 4. The van der Waals surface area contributed by atoms with Crippen molar-refractivity contribution < 1.29 is 23.1 Å². The fraction of sp³-hybridized carbons (Fsp3) is 0.529. The van der Waals surface area contributed by atoms with E-state index in [0.717, 1.165) is 12.8 Å². The van der Waals surface area contributed by atoms with Gasteiger partial charge in [0.25, 0.3) is 0 Å². The van der Waals surface area contributed by atoms with Crippen molar-refractivity contribution in [2.24, 2.45) is 5.41 Å². The number of carboxylic acids is 1. The van der Waals surface area contributed by atoms with Gasteiger partial charge < -0.3 is 15.3 Å². The van der Waals surface area contributed by atoms with Gasteiger partial charge in [-0.3, -0.25) is 4.79 Å². The summed E-state index contributed by atoms with van der Waals surface area (Å²) in [5.74, 6) is -0.928. The van der Waals surface area contributed by atoms with E-state index in [9.17, 15) is 23.1 Å². The molecule has 3 rings (SSSR count). The summed E-state index contributed by atoms with van der Waals surface area (Å²) in [6.45, 7) is 3.72.